The van der Waals surface area contributed by atoms with Crippen molar-refractivity contribution in [1.29, 1.82) is 0 Å². The Morgan fingerprint density at radius 1 is 1.14 bits per heavy atom. The predicted octanol–water partition coefficient (Wildman–Crippen LogP) is 4.34. The number of para-hydroxylation sites is 1. The average molecular weight is 317 g/mol. The fourth-order valence-electron chi connectivity index (χ4n) is 1.96. The highest BCUT2D eigenvalue weighted by Crippen LogP contribution is 2.29. The molecule has 1 heterocycles. The zero-order valence-corrected chi connectivity index (χ0v) is 12.7. The van der Waals surface area contributed by atoms with Crippen LogP contribution in [0.15, 0.2) is 52.9 Å². The standard InChI is InChI=1S/C16H12FNOS2/c17-13-6-2-1-5-11(13)9-12(19)10-20-16-18-14-7-3-4-8-15(14)21-16/h1-8H,9-10H2. The molecule has 0 fully saturated rings. The Hall–Kier alpha value is -1.72. The Morgan fingerprint density at radius 3 is 2.71 bits per heavy atom. The van der Waals surface area contributed by atoms with Crippen LogP contribution in [0.25, 0.3) is 10.2 Å². The fraction of sp³-hybridized carbons (Fsp3) is 0.125. The first-order chi connectivity index (χ1) is 10.2. The fourth-order valence-corrected chi connectivity index (χ4v) is 3.89. The van der Waals surface area contributed by atoms with Crippen LogP contribution >= 0.6 is 23.1 Å². The molecule has 0 atom stereocenters. The summed E-state index contributed by atoms with van der Waals surface area (Å²) in [5, 5.41) is 0. The van der Waals surface area contributed by atoms with Gasteiger partial charge in [0, 0.05) is 6.42 Å². The molecule has 21 heavy (non-hydrogen) atoms. The van der Waals surface area contributed by atoms with Crippen LogP contribution in [0.4, 0.5) is 4.39 Å². The van der Waals surface area contributed by atoms with Gasteiger partial charge in [0.2, 0.25) is 0 Å². The van der Waals surface area contributed by atoms with E-state index >= 15 is 0 Å². The topological polar surface area (TPSA) is 30.0 Å². The van der Waals surface area contributed by atoms with Crippen LogP contribution in [0, 0.1) is 5.82 Å². The van der Waals surface area contributed by atoms with Crippen molar-refractivity contribution in [2.45, 2.75) is 10.8 Å². The first kappa shape index (κ1) is 14.2. The molecule has 0 N–H and O–H groups in total. The number of fused-ring (bicyclic) bond motifs is 1. The summed E-state index contributed by atoms with van der Waals surface area (Å²) in [7, 11) is 0. The van der Waals surface area contributed by atoms with E-state index in [-0.39, 0.29) is 18.0 Å². The molecule has 0 bridgehead atoms. The quantitative estimate of drug-likeness (QED) is 0.656. The van der Waals surface area contributed by atoms with Gasteiger partial charge in [0.05, 0.1) is 16.0 Å². The predicted molar refractivity (Wildman–Crippen MR) is 85.5 cm³/mol. The average Bonchev–Trinajstić information content (AvgIpc) is 2.90. The minimum absolute atomic E-state index is 0.00403. The Labute approximate surface area is 130 Å². The molecule has 5 heteroatoms. The summed E-state index contributed by atoms with van der Waals surface area (Å²) >= 11 is 2.99. The lowest BCUT2D eigenvalue weighted by Gasteiger charge is -2.01. The molecule has 0 saturated heterocycles. The minimum atomic E-state index is -0.323. The molecule has 3 aromatic rings. The largest absolute Gasteiger partial charge is 0.298 e. The molecule has 2 nitrogen and oxygen atoms in total. The summed E-state index contributed by atoms with van der Waals surface area (Å²) in [5.74, 6) is -0.00562. The number of benzene rings is 2. The molecule has 0 aliphatic heterocycles. The zero-order valence-electron chi connectivity index (χ0n) is 11.1. The summed E-state index contributed by atoms with van der Waals surface area (Å²) in [6.45, 7) is 0. The van der Waals surface area contributed by atoms with Crippen LogP contribution in [0.2, 0.25) is 0 Å². The van der Waals surface area contributed by atoms with E-state index in [0.29, 0.717) is 11.3 Å². The molecule has 0 amide bonds. The van der Waals surface area contributed by atoms with Crippen LogP contribution in [-0.4, -0.2) is 16.5 Å². The molecule has 2 aromatic carbocycles. The number of ketones is 1. The second-order valence-electron chi connectivity index (χ2n) is 4.54. The molecule has 3 rings (SSSR count). The van der Waals surface area contributed by atoms with Crippen molar-refractivity contribution in [2.75, 3.05) is 5.75 Å². The van der Waals surface area contributed by atoms with Crippen molar-refractivity contribution >= 4 is 39.1 Å². The molecule has 0 saturated carbocycles. The van der Waals surface area contributed by atoms with Crippen molar-refractivity contribution in [3.05, 3.63) is 59.9 Å². The minimum Gasteiger partial charge on any atom is -0.298 e. The van der Waals surface area contributed by atoms with Crippen molar-refractivity contribution in [2.24, 2.45) is 0 Å². The number of Topliss-reactive ketones (excluding diaryl/α,β-unsaturated/α-hetero) is 1. The normalized spacial score (nSPS) is 10.9. The Bertz CT molecular complexity index is 752. The number of halogens is 1. The lowest BCUT2D eigenvalue weighted by Crippen LogP contribution is -2.07. The number of hydrogen-bond acceptors (Lipinski definition) is 4. The van der Waals surface area contributed by atoms with E-state index in [1.165, 1.54) is 17.8 Å². The highest BCUT2D eigenvalue weighted by molar-refractivity contribution is 8.01. The van der Waals surface area contributed by atoms with Crippen LogP contribution in [0.1, 0.15) is 5.56 Å². The molecule has 0 aliphatic carbocycles. The van der Waals surface area contributed by atoms with Crippen LogP contribution in [0.3, 0.4) is 0 Å². The number of thioether (sulfide) groups is 1. The maximum Gasteiger partial charge on any atom is 0.151 e. The van der Waals surface area contributed by atoms with Crippen LogP contribution in [0.5, 0.6) is 0 Å². The van der Waals surface area contributed by atoms with Gasteiger partial charge < -0.3 is 0 Å². The van der Waals surface area contributed by atoms with E-state index in [0.717, 1.165) is 14.6 Å². The van der Waals surface area contributed by atoms with Gasteiger partial charge in [-0.2, -0.15) is 0 Å². The Morgan fingerprint density at radius 2 is 1.90 bits per heavy atom. The first-order valence-corrected chi connectivity index (χ1v) is 8.26. The number of thiazole rings is 1. The second kappa shape index (κ2) is 6.37. The second-order valence-corrected chi connectivity index (χ2v) is 6.80. The van der Waals surface area contributed by atoms with E-state index in [2.05, 4.69) is 4.98 Å². The van der Waals surface area contributed by atoms with Crippen molar-refractivity contribution in [1.82, 2.24) is 4.98 Å². The van der Waals surface area contributed by atoms with E-state index < -0.39 is 0 Å². The zero-order chi connectivity index (χ0) is 14.7. The molecule has 0 unspecified atom stereocenters. The third kappa shape index (κ3) is 3.49. The number of nitrogens with zero attached hydrogens (tertiary/aromatic N) is 1. The summed E-state index contributed by atoms with van der Waals surface area (Å²) in [5.41, 5.74) is 1.40. The Balaban J connectivity index is 1.62. The molecule has 1 aromatic heterocycles. The van der Waals surface area contributed by atoms with E-state index in [9.17, 15) is 9.18 Å². The summed E-state index contributed by atoms with van der Waals surface area (Å²) in [6.07, 6.45) is 0.130. The van der Waals surface area contributed by atoms with Gasteiger partial charge in [-0.1, -0.05) is 42.1 Å². The monoisotopic (exact) mass is 317 g/mol. The Kier molecular flexibility index (Phi) is 4.31. The SMILES string of the molecule is O=C(CSc1nc2ccccc2s1)Cc1ccccc1F. The van der Waals surface area contributed by atoms with E-state index in [4.69, 9.17) is 0 Å². The van der Waals surface area contributed by atoms with Gasteiger partial charge in [0.15, 0.2) is 4.34 Å². The third-order valence-electron chi connectivity index (χ3n) is 2.98. The maximum atomic E-state index is 13.5. The van der Waals surface area contributed by atoms with Crippen molar-refractivity contribution in [3.63, 3.8) is 0 Å². The van der Waals surface area contributed by atoms with E-state index in [1.54, 1.807) is 29.5 Å². The highest BCUT2D eigenvalue weighted by Gasteiger charge is 2.10. The van der Waals surface area contributed by atoms with Gasteiger partial charge in [-0.15, -0.1) is 11.3 Å². The number of aromatic nitrogens is 1. The van der Waals surface area contributed by atoms with Crippen molar-refractivity contribution in [3.8, 4) is 0 Å². The number of carbonyl (C=O) groups is 1. The molecule has 0 aliphatic rings. The summed E-state index contributed by atoms with van der Waals surface area (Å²) in [6, 6.07) is 14.3. The van der Waals surface area contributed by atoms with Gasteiger partial charge in [-0.05, 0) is 23.8 Å². The van der Waals surface area contributed by atoms with Crippen LogP contribution < -0.4 is 0 Å². The molecular formula is C16H12FNOS2. The number of hydrogen-bond donors (Lipinski definition) is 0. The maximum absolute atomic E-state index is 13.5. The summed E-state index contributed by atoms with van der Waals surface area (Å²) in [4.78, 5) is 16.4. The van der Waals surface area contributed by atoms with Crippen LogP contribution in [-0.2, 0) is 11.2 Å². The van der Waals surface area contributed by atoms with Gasteiger partial charge in [-0.3, -0.25) is 4.79 Å². The molecular weight excluding hydrogens is 305 g/mol. The van der Waals surface area contributed by atoms with Gasteiger partial charge in [0.25, 0.3) is 0 Å². The first-order valence-electron chi connectivity index (χ1n) is 6.46. The molecule has 106 valence electrons. The lowest BCUT2D eigenvalue weighted by atomic mass is 10.1. The molecule has 0 radical (unpaired) electrons. The van der Waals surface area contributed by atoms with Gasteiger partial charge in [0.1, 0.15) is 11.6 Å². The van der Waals surface area contributed by atoms with Crippen molar-refractivity contribution < 1.29 is 9.18 Å². The number of carbonyl (C=O) groups excluding carboxylic acids is 1. The van der Waals surface area contributed by atoms with Gasteiger partial charge >= 0.3 is 0 Å². The van der Waals surface area contributed by atoms with Gasteiger partial charge in [-0.25, -0.2) is 9.37 Å². The third-order valence-corrected chi connectivity index (χ3v) is 5.22. The molecule has 0 spiro atoms. The highest BCUT2D eigenvalue weighted by atomic mass is 32.2. The lowest BCUT2D eigenvalue weighted by molar-refractivity contribution is -0.116. The smallest absolute Gasteiger partial charge is 0.151 e. The van der Waals surface area contributed by atoms with E-state index in [1.807, 2.05) is 24.3 Å². The summed E-state index contributed by atoms with van der Waals surface area (Å²) < 4.78 is 15.5. The number of rotatable bonds is 5.